The van der Waals surface area contributed by atoms with Gasteiger partial charge in [0.2, 0.25) is 5.91 Å². The van der Waals surface area contributed by atoms with Gasteiger partial charge in [-0.05, 0) is 57.0 Å². The Morgan fingerprint density at radius 1 is 1.35 bits per heavy atom. The van der Waals surface area contributed by atoms with E-state index >= 15 is 0 Å². The highest BCUT2D eigenvalue weighted by molar-refractivity contribution is 5.76. The fourth-order valence-electron chi connectivity index (χ4n) is 3.25. The number of β-amino-alcohol motifs (C(OH)–C–C–N with tert-alkyl or cyclic N) is 1. The van der Waals surface area contributed by atoms with Crippen molar-refractivity contribution in [3.63, 3.8) is 0 Å². The first-order valence-electron chi connectivity index (χ1n) is 8.74. The predicted molar refractivity (Wildman–Crippen MR) is 94.4 cm³/mol. The Balaban J connectivity index is 1.59. The standard InChI is InChI=1S/C19H24FN3O3/c1-14-10-15(2)23(21-14)11-18(24)22-9-3-8-19(25,12-22)13-26-17-6-4-16(20)5-7-17/h4-7,10,25H,3,8-9,11-13H2,1-2H3. The Hall–Kier alpha value is -2.41. The van der Waals surface area contributed by atoms with E-state index in [1.54, 1.807) is 9.58 Å². The minimum Gasteiger partial charge on any atom is -0.491 e. The number of rotatable bonds is 5. The number of likely N-dealkylation sites (tertiary alicyclic amines) is 1. The van der Waals surface area contributed by atoms with Crippen molar-refractivity contribution in [2.45, 2.75) is 38.8 Å². The van der Waals surface area contributed by atoms with Crippen molar-refractivity contribution in [2.24, 2.45) is 0 Å². The summed E-state index contributed by atoms with van der Waals surface area (Å²) < 4.78 is 20.2. The van der Waals surface area contributed by atoms with Crippen LogP contribution in [0.3, 0.4) is 0 Å². The smallest absolute Gasteiger partial charge is 0.244 e. The molecular formula is C19H24FN3O3. The van der Waals surface area contributed by atoms with Gasteiger partial charge in [0.25, 0.3) is 0 Å². The summed E-state index contributed by atoms with van der Waals surface area (Å²) in [6.07, 6.45) is 1.25. The van der Waals surface area contributed by atoms with Crippen molar-refractivity contribution in [1.29, 1.82) is 0 Å². The molecule has 1 N–H and O–H groups in total. The second-order valence-corrected chi connectivity index (χ2v) is 6.97. The zero-order valence-electron chi connectivity index (χ0n) is 15.1. The van der Waals surface area contributed by atoms with E-state index in [-0.39, 0.29) is 31.4 Å². The zero-order valence-corrected chi connectivity index (χ0v) is 15.1. The summed E-state index contributed by atoms with van der Waals surface area (Å²) in [5.74, 6) is 0.0803. The van der Waals surface area contributed by atoms with Crippen LogP contribution in [0.2, 0.25) is 0 Å². The minimum absolute atomic E-state index is 0.0579. The van der Waals surface area contributed by atoms with Crippen molar-refractivity contribution in [3.8, 4) is 5.75 Å². The first-order valence-corrected chi connectivity index (χ1v) is 8.74. The summed E-state index contributed by atoms with van der Waals surface area (Å²) in [6, 6.07) is 7.59. The molecule has 140 valence electrons. The summed E-state index contributed by atoms with van der Waals surface area (Å²) in [5, 5.41) is 15.1. The van der Waals surface area contributed by atoms with Gasteiger partial charge in [0.1, 0.15) is 30.3 Å². The number of hydrogen-bond acceptors (Lipinski definition) is 4. The topological polar surface area (TPSA) is 67.6 Å². The normalized spacial score (nSPS) is 20.2. The second kappa shape index (κ2) is 7.45. The van der Waals surface area contributed by atoms with Gasteiger partial charge in [-0.15, -0.1) is 0 Å². The number of nitrogens with zero attached hydrogens (tertiary/aromatic N) is 3. The number of piperidine rings is 1. The molecule has 0 saturated carbocycles. The van der Waals surface area contributed by atoms with E-state index in [1.807, 2.05) is 19.9 Å². The van der Waals surface area contributed by atoms with Crippen LogP contribution in [0, 0.1) is 19.7 Å². The van der Waals surface area contributed by atoms with Crippen LogP contribution < -0.4 is 4.74 Å². The summed E-state index contributed by atoms with van der Waals surface area (Å²) in [5.41, 5.74) is 0.693. The van der Waals surface area contributed by atoms with Crippen molar-refractivity contribution in [1.82, 2.24) is 14.7 Å². The molecule has 1 aromatic carbocycles. The third-order valence-electron chi connectivity index (χ3n) is 4.62. The average Bonchev–Trinajstić information content (AvgIpc) is 2.91. The van der Waals surface area contributed by atoms with Crippen LogP contribution in [0.4, 0.5) is 4.39 Å². The molecule has 2 aromatic rings. The molecule has 1 aliphatic heterocycles. The Bertz CT molecular complexity index is 775. The van der Waals surface area contributed by atoms with Gasteiger partial charge in [0, 0.05) is 12.2 Å². The van der Waals surface area contributed by atoms with Gasteiger partial charge < -0.3 is 14.7 Å². The first-order chi connectivity index (χ1) is 12.3. The highest BCUT2D eigenvalue weighted by Gasteiger charge is 2.36. The SMILES string of the molecule is Cc1cc(C)n(CC(=O)N2CCCC(O)(COc3ccc(F)cc3)C2)n1. The fourth-order valence-corrected chi connectivity index (χ4v) is 3.25. The summed E-state index contributed by atoms with van der Waals surface area (Å²) in [6.45, 7) is 4.84. The van der Waals surface area contributed by atoms with E-state index in [4.69, 9.17) is 4.74 Å². The molecule has 1 aliphatic rings. The van der Waals surface area contributed by atoms with E-state index < -0.39 is 5.60 Å². The second-order valence-electron chi connectivity index (χ2n) is 6.97. The van der Waals surface area contributed by atoms with E-state index in [0.29, 0.717) is 25.1 Å². The van der Waals surface area contributed by atoms with Crippen molar-refractivity contribution >= 4 is 5.91 Å². The van der Waals surface area contributed by atoms with Crippen LogP contribution in [0.25, 0.3) is 0 Å². The third-order valence-corrected chi connectivity index (χ3v) is 4.62. The van der Waals surface area contributed by atoms with Gasteiger partial charge in [-0.1, -0.05) is 0 Å². The molecule has 6 nitrogen and oxygen atoms in total. The zero-order chi connectivity index (χ0) is 18.7. The largest absolute Gasteiger partial charge is 0.491 e. The average molecular weight is 361 g/mol. The third kappa shape index (κ3) is 4.40. The van der Waals surface area contributed by atoms with E-state index in [1.165, 1.54) is 24.3 Å². The lowest BCUT2D eigenvalue weighted by atomic mass is 9.93. The Morgan fingerprint density at radius 2 is 2.08 bits per heavy atom. The Morgan fingerprint density at radius 3 is 2.73 bits per heavy atom. The van der Waals surface area contributed by atoms with Crippen molar-refractivity contribution < 1.29 is 19.0 Å². The highest BCUT2D eigenvalue weighted by Crippen LogP contribution is 2.23. The summed E-state index contributed by atoms with van der Waals surface area (Å²) in [7, 11) is 0. The quantitative estimate of drug-likeness (QED) is 0.885. The van der Waals surface area contributed by atoms with Crippen LogP contribution in [-0.4, -0.2) is 51.0 Å². The fraction of sp³-hybridized carbons (Fsp3) is 0.474. The monoisotopic (exact) mass is 361 g/mol. The molecule has 2 heterocycles. The highest BCUT2D eigenvalue weighted by atomic mass is 19.1. The maximum absolute atomic E-state index is 12.9. The number of aliphatic hydroxyl groups is 1. The molecule has 1 aromatic heterocycles. The molecular weight excluding hydrogens is 337 g/mol. The molecule has 7 heteroatoms. The number of halogens is 1. The van der Waals surface area contributed by atoms with Gasteiger partial charge >= 0.3 is 0 Å². The summed E-state index contributed by atoms with van der Waals surface area (Å²) >= 11 is 0. The number of ether oxygens (including phenoxy) is 1. The van der Waals surface area contributed by atoms with Crippen LogP contribution in [0.1, 0.15) is 24.2 Å². The van der Waals surface area contributed by atoms with Crippen molar-refractivity contribution in [2.75, 3.05) is 19.7 Å². The molecule has 0 spiro atoms. The van der Waals surface area contributed by atoms with Crippen LogP contribution in [0.15, 0.2) is 30.3 Å². The minimum atomic E-state index is -1.11. The molecule has 1 unspecified atom stereocenters. The van der Waals surface area contributed by atoms with Gasteiger partial charge in [-0.3, -0.25) is 9.48 Å². The number of carbonyl (C=O) groups excluding carboxylic acids is 1. The van der Waals surface area contributed by atoms with Gasteiger partial charge in [0.05, 0.1) is 12.2 Å². The molecule has 3 rings (SSSR count). The van der Waals surface area contributed by atoms with Crippen molar-refractivity contribution in [3.05, 3.63) is 47.5 Å². The molecule has 0 radical (unpaired) electrons. The van der Waals surface area contributed by atoms with Crippen LogP contribution in [-0.2, 0) is 11.3 Å². The van der Waals surface area contributed by atoms with Gasteiger partial charge in [0.15, 0.2) is 0 Å². The van der Waals surface area contributed by atoms with E-state index in [2.05, 4.69) is 5.10 Å². The number of hydrogen-bond donors (Lipinski definition) is 1. The molecule has 1 saturated heterocycles. The summed E-state index contributed by atoms with van der Waals surface area (Å²) in [4.78, 5) is 14.3. The lowest BCUT2D eigenvalue weighted by Gasteiger charge is -2.39. The predicted octanol–water partition coefficient (Wildman–Crippen LogP) is 2.07. The molecule has 1 atom stereocenters. The van der Waals surface area contributed by atoms with E-state index in [9.17, 15) is 14.3 Å². The number of carbonyl (C=O) groups is 1. The maximum Gasteiger partial charge on any atom is 0.244 e. The molecule has 0 bridgehead atoms. The molecule has 26 heavy (non-hydrogen) atoms. The maximum atomic E-state index is 12.9. The van der Waals surface area contributed by atoms with Crippen LogP contribution >= 0.6 is 0 Å². The first kappa shape index (κ1) is 18.4. The lowest BCUT2D eigenvalue weighted by Crippen LogP contribution is -2.54. The number of aryl methyl sites for hydroxylation is 2. The number of aromatic nitrogens is 2. The number of amides is 1. The van der Waals surface area contributed by atoms with Gasteiger partial charge in [-0.25, -0.2) is 4.39 Å². The molecule has 1 fully saturated rings. The van der Waals surface area contributed by atoms with Gasteiger partial charge in [-0.2, -0.15) is 5.10 Å². The Labute approximate surface area is 152 Å². The van der Waals surface area contributed by atoms with Crippen LogP contribution in [0.5, 0.6) is 5.75 Å². The Kier molecular flexibility index (Phi) is 5.27. The van der Waals surface area contributed by atoms with E-state index in [0.717, 1.165) is 11.4 Å². The molecule has 0 aliphatic carbocycles. The lowest BCUT2D eigenvalue weighted by molar-refractivity contribution is -0.141. The number of benzene rings is 1. The molecule has 1 amide bonds.